The molecular formula is C27H32N3O4. The zero-order valence-corrected chi connectivity index (χ0v) is 19.5. The Bertz CT molecular complexity index is 1010. The van der Waals surface area contributed by atoms with Gasteiger partial charge in [-0.2, -0.15) is 0 Å². The molecule has 0 saturated carbocycles. The second kappa shape index (κ2) is 13.9. The van der Waals surface area contributed by atoms with Gasteiger partial charge in [0.15, 0.2) is 0 Å². The highest BCUT2D eigenvalue weighted by molar-refractivity contribution is 5.93. The molecule has 0 fully saturated rings. The van der Waals surface area contributed by atoms with Crippen LogP contribution in [0.3, 0.4) is 0 Å². The van der Waals surface area contributed by atoms with E-state index in [0.29, 0.717) is 30.9 Å². The summed E-state index contributed by atoms with van der Waals surface area (Å²) in [5.41, 5.74) is 7.85. The maximum atomic E-state index is 11.4. The Morgan fingerprint density at radius 1 is 1.12 bits per heavy atom. The van der Waals surface area contributed by atoms with Gasteiger partial charge in [-0.05, 0) is 60.9 Å². The fourth-order valence-electron chi connectivity index (χ4n) is 3.41. The SMILES string of the molecule is COCc1cccc(OC([CH]CCCNc2cccnc2)CCOc2cccc(C(N)=O)c2)c1. The number of nitrogens with two attached hydrogens (primary N) is 1. The van der Waals surface area contributed by atoms with E-state index in [2.05, 4.69) is 16.7 Å². The Kier molecular flexibility index (Phi) is 10.2. The molecular weight excluding hydrogens is 430 g/mol. The molecule has 1 aromatic heterocycles. The van der Waals surface area contributed by atoms with Crippen molar-refractivity contribution >= 4 is 11.6 Å². The second-order valence-electron chi connectivity index (χ2n) is 7.81. The van der Waals surface area contributed by atoms with Crippen LogP contribution in [-0.4, -0.2) is 37.3 Å². The summed E-state index contributed by atoms with van der Waals surface area (Å²) in [7, 11) is 1.67. The first-order valence-electron chi connectivity index (χ1n) is 11.4. The van der Waals surface area contributed by atoms with Crippen LogP contribution in [-0.2, 0) is 11.3 Å². The maximum absolute atomic E-state index is 11.4. The molecule has 1 atom stereocenters. The molecule has 179 valence electrons. The molecule has 0 spiro atoms. The summed E-state index contributed by atoms with van der Waals surface area (Å²) in [6, 6.07) is 18.7. The average Bonchev–Trinajstić information content (AvgIpc) is 2.85. The lowest BCUT2D eigenvalue weighted by atomic mass is 10.1. The summed E-state index contributed by atoms with van der Waals surface area (Å²) >= 11 is 0. The topological polar surface area (TPSA) is 95.7 Å². The van der Waals surface area contributed by atoms with Crippen LogP contribution in [0.5, 0.6) is 11.5 Å². The Balaban J connectivity index is 1.52. The van der Waals surface area contributed by atoms with Gasteiger partial charge >= 0.3 is 0 Å². The highest BCUT2D eigenvalue weighted by Gasteiger charge is 2.13. The van der Waals surface area contributed by atoms with Gasteiger partial charge in [-0.1, -0.05) is 18.2 Å². The van der Waals surface area contributed by atoms with Crippen molar-refractivity contribution in [1.29, 1.82) is 0 Å². The molecule has 0 aliphatic carbocycles. The molecule has 3 rings (SSSR count). The van der Waals surface area contributed by atoms with Gasteiger partial charge < -0.3 is 25.3 Å². The van der Waals surface area contributed by atoms with E-state index in [-0.39, 0.29) is 6.10 Å². The minimum Gasteiger partial charge on any atom is -0.493 e. The van der Waals surface area contributed by atoms with Gasteiger partial charge in [-0.25, -0.2) is 0 Å². The lowest BCUT2D eigenvalue weighted by Gasteiger charge is -2.20. The van der Waals surface area contributed by atoms with Gasteiger partial charge in [0.1, 0.15) is 17.6 Å². The van der Waals surface area contributed by atoms with Gasteiger partial charge in [0, 0.05) is 44.5 Å². The van der Waals surface area contributed by atoms with E-state index in [9.17, 15) is 4.79 Å². The van der Waals surface area contributed by atoms with E-state index in [1.165, 1.54) is 0 Å². The first-order chi connectivity index (χ1) is 16.6. The number of ether oxygens (including phenoxy) is 3. The van der Waals surface area contributed by atoms with Gasteiger partial charge in [0.2, 0.25) is 5.91 Å². The number of aromatic nitrogens is 1. The largest absolute Gasteiger partial charge is 0.493 e. The third-order valence-electron chi connectivity index (χ3n) is 5.09. The minimum atomic E-state index is -0.476. The molecule has 3 aromatic rings. The van der Waals surface area contributed by atoms with Crippen molar-refractivity contribution in [2.45, 2.75) is 32.0 Å². The number of nitrogens with one attached hydrogen (secondary N) is 1. The van der Waals surface area contributed by atoms with Crippen molar-refractivity contribution in [3.8, 4) is 11.5 Å². The molecule has 1 amide bonds. The van der Waals surface area contributed by atoms with Crippen LogP contribution in [0.25, 0.3) is 0 Å². The summed E-state index contributed by atoms with van der Waals surface area (Å²) in [5, 5.41) is 3.37. The highest BCUT2D eigenvalue weighted by atomic mass is 16.5. The van der Waals surface area contributed by atoms with Crippen LogP contribution in [0.1, 0.15) is 35.2 Å². The van der Waals surface area contributed by atoms with E-state index < -0.39 is 5.91 Å². The van der Waals surface area contributed by atoms with Crippen molar-refractivity contribution in [2.24, 2.45) is 5.73 Å². The molecule has 0 aliphatic heterocycles. The van der Waals surface area contributed by atoms with Crippen molar-refractivity contribution in [3.05, 3.63) is 90.6 Å². The fraction of sp³-hybridized carbons (Fsp3) is 0.296. The lowest BCUT2D eigenvalue weighted by Crippen LogP contribution is -2.21. The average molecular weight is 463 g/mol. The predicted molar refractivity (Wildman–Crippen MR) is 133 cm³/mol. The third kappa shape index (κ3) is 8.75. The van der Waals surface area contributed by atoms with Crippen LogP contribution in [0, 0.1) is 6.42 Å². The number of carbonyl (C=O) groups excluding carboxylic acids is 1. The summed E-state index contributed by atoms with van der Waals surface area (Å²) in [4.78, 5) is 15.5. The van der Waals surface area contributed by atoms with Crippen LogP contribution in [0.15, 0.2) is 73.1 Å². The number of pyridine rings is 1. The van der Waals surface area contributed by atoms with Gasteiger partial charge in [-0.15, -0.1) is 0 Å². The molecule has 34 heavy (non-hydrogen) atoms. The molecule has 1 radical (unpaired) electrons. The number of carbonyl (C=O) groups is 1. The zero-order chi connectivity index (χ0) is 24.0. The molecule has 7 nitrogen and oxygen atoms in total. The molecule has 1 unspecified atom stereocenters. The molecule has 0 aliphatic rings. The van der Waals surface area contributed by atoms with Crippen molar-refractivity contribution in [1.82, 2.24) is 4.98 Å². The monoisotopic (exact) mass is 462 g/mol. The number of hydrogen-bond acceptors (Lipinski definition) is 6. The van der Waals surface area contributed by atoms with Crippen LogP contribution in [0.4, 0.5) is 5.69 Å². The van der Waals surface area contributed by atoms with Crippen molar-refractivity contribution in [3.63, 3.8) is 0 Å². The molecule has 1 heterocycles. The minimum absolute atomic E-state index is 0.129. The smallest absolute Gasteiger partial charge is 0.248 e. The number of unbranched alkanes of at least 4 members (excludes halogenated alkanes) is 1. The quantitative estimate of drug-likeness (QED) is 0.320. The maximum Gasteiger partial charge on any atom is 0.248 e. The third-order valence-corrected chi connectivity index (χ3v) is 5.09. The van der Waals surface area contributed by atoms with E-state index in [0.717, 1.165) is 36.4 Å². The zero-order valence-electron chi connectivity index (χ0n) is 19.5. The molecule has 7 heteroatoms. The first kappa shape index (κ1) is 25.1. The van der Waals surface area contributed by atoms with E-state index in [4.69, 9.17) is 19.9 Å². The molecule has 2 aromatic carbocycles. The number of primary amides is 1. The van der Waals surface area contributed by atoms with Gasteiger partial charge in [0.25, 0.3) is 0 Å². The standard InChI is InChI=1S/C27H32N3O4/c1-32-20-21-7-4-12-26(17-21)34-24(10-2-3-15-30-23-9-6-14-29-19-23)13-16-33-25-11-5-8-22(18-25)27(28)31/h4-12,14,17-19,24,30H,2-3,13,15-16,20H2,1H3,(H2,28,31). The van der Waals surface area contributed by atoms with Crippen LogP contribution < -0.4 is 20.5 Å². The van der Waals surface area contributed by atoms with E-state index >= 15 is 0 Å². The number of benzene rings is 2. The molecule has 0 saturated heterocycles. The highest BCUT2D eigenvalue weighted by Crippen LogP contribution is 2.20. The lowest BCUT2D eigenvalue weighted by molar-refractivity contribution is 0.0999. The number of amides is 1. The number of anilines is 1. The Hall–Kier alpha value is -3.58. The second-order valence-corrected chi connectivity index (χ2v) is 7.81. The van der Waals surface area contributed by atoms with E-state index in [1.54, 1.807) is 31.5 Å². The summed E-state index contributed by atoms with van der Waals surface area (Å²) in [5.74, 6) is 0.925. The molecule has 0 bridgehead atoms. The number of hydrogen-bond donors (Lipinski definition) is 2. The number of rotatable bonds is 15. The predicted octanol–water partition coefficient (Wildman–Crippen LogP) is 4.64. The van der Waals surface area contributed by atoms with Crippen LogP contribution >= 0.6 is 0 Å². The summed E-state index contributed by atoms with van der Waals surface area (Å²) < 4.78 is 17.4. The van der Waals surface area contributed by atoms with Crippen molar-refractivity contribution < 1.29 is 19.0 Å². The Labute approximate surface area is 201 Å². The number of nitrogens with zero attached hydrogens (tertiary/aromatic N) is 1. The Morgan fingerprint density at radius 3 is 2.76 bits per heavy atom. The number of methoxy groups -OCH3 is 1. The summed E-state index contributed by atoms with van der Waals surface area (Å²) in [6.45, 7) is 1.81. The van der Waals surface area contributed by atoms with Crippen molar-refractivity contribution in [2.75, 3.05) is 25.6 Å². The van der Waals surface area contributed by atoms with E-state index in [1.807, 2.05) is 48.7 Å². The fourth-order valence-corrected chi connectivity index (χ4v) is 3.41. The summed E-state index contributed by atoms with van der Waals surface area (Å²) in [6.07, 6.45) is 8.12. The Morgan fingerprint density at radius 2 is 1.97 bits per heavy atom. The van der Waals surface area contributed by atoms with Gasteiger partial charge in [-0.3, -0.25) is 9.78 Å². The van der Waals surface area contributed by atoms with Crippen LogP contribution in [0.2, 0.25) is 0 Å². The first-order valence-corrected chi connectivity index (χ1v) is 11.4. The normalized spacial score (nSPS) is 11.6. The van der Waals surface area contributed by atoms with Gasteiger partial charge in [0.05, 0.1) is 18.9 Å². The molecule has 3 N–H and O–H groups in total.